The van der Waals surface area contributed by atoms with Crippen molar-refractivity contribution in [1.82, 2.24) is 5.16 Å². The number of rotatable bonds is 7. The van der Waals surface area contributed by atoms with Gasteiger partial charge < -0.3 is 9.26 Å². The van der Waals surface area contributed by atoms with Gasteiger partial charge in [0.1, 0.15) is 5.75 Å². The molecule has 0 aliphatic rings. The first kappa shape index (κ1) is 21.9. The van der Waals surface area contributed by atoms with Gasteiger partial charge in [0.15, 0.2) is 16.3 Å². The van der Waals surface area contributed by atoms with Gasteiger partial charge in [-0.2, -0.15) is 0 Å². The van der Waals surface area contributed by atoms with E-state index < -0.39 is 26.2 Å². The number of benzene rings is 3. The second-order valence-electron chi connectivity index (χ2n) is 6.87. The number of hydrogen-bond acceptors (Lipinski definition) is 8. The first-order chi connectivity index (χ1) is 15.8. The Labute approximate surface area is 188 Å². The van der Waals surface area contributed by atoms with E-state index in [0.29, 0.717) is 11.3 Å². The molecule has 4 aromatic rings. The number of sulfone groups is 1. The Morgan fingerprint density at radius 2 is 1.61 bits per heavy atom. The number of hydrogen-bond donors (Lipinski definition) is 0. The van der Waals surface area contributed by atoms with Crippen LogP contribution in [0.25, 0.3) is 11.3 Å². The minimum Gasteiger partial charge on any atom is -0.497 e. The molecule has 10 heteroatoms. The van der Waals surface area contributed by atoms with E-state index in [9.17, 15) is 23.3 Å². The molecule has 0 aliphatic heterocycles. The number of carbonyl (C=O) groups excluding carboxylic acids is 1. The highest BCUT2D eigenvalue weighted by Crippen LogP contribution is 2.36. The normalized spacial score (nSPS) is 11.2. The summed E-state index contributed by atoms with van der Waals surface area (Å²) in [5.41, 5.74) is -0.221. The molecule has 33 heavy (non-hydrogen) atoms. The average Bonchev–Trinajstić information content (AvgIpc) is 3.30. The van der Waals surface area contributed by atoms with Crippen molar-refractivity contribution >= 4 is 21.3 Å². The molecule has 0 saturated heterocycles. The van der Waals surface area contributed by atoms with E-state index in [1.807, 2.05) is 0 Å². The molecule has 9 nitrogen and oxygen atoms in total. The number of non-ortho nitro benzene ring substituents is 1. The molecule has 0 N–H and O–H groups in total. The monoisotopic (exact) mass is 464 g/mol. The lowest BCUT2D eigenvalue weighted by molar-refractivity contribution is -0.384. The van der Waals surface area contributed by atoms with Gasteiger partial charge in [-0.15, -0.1) is 0 Å². The summed E-state index contributed by atoms with van der Waals surface area (Å²) in [4.78, 5) is 23.1. The van der Waals surface area contributed by atoms with Crippen LogP contribution in [-0.4, -0.2) is 31.4 Å². The minimum absolute atomic E-state index is 0.0275. The van der Waals surface area contributed by atoms with Crippen LogP contribution in [0.2, 0.25) is 0 Å². The van der Waals surface area contributed by atoms with E-state index in [-0.39, 0.29) is 26.8 Å². The molecule has 0 fully saturated rings. The molecule has 0 saturated carbocycles. The number of nitro groups is 1. The lowest BCUT2D eigenvalue weighted by atomic mass is 10.1. The van der Waals surface area contributed by atoms with Crippen molar-refractivity contribution in [1.29, 1.82) is 0 Å². The SMILES string of the molecule is COc1ccc(-c2onc(C(=O)c3ccc([N+](=O)[O-])cc3)c2S(=O)(=O)c2ccccc2)cc1. The van der Waals surface area contributed by atoms with Crippen LogP contribution >= 0.6 is 0 Å². The van der Waals surface area contributed by atoms with Crippen molar-refractivity contribution in [2.45, 2.75) is 9.79 Å². The fourth-order valence-corrected chi connectivity index (χ4v) is 4.73. The summed E-state index contributed by atoms with van der Waals surface area (Å²) in [6, 6.07) is 18.8. The Bertz CT molecular complexity index is 1430. The molecule has 0 aliphatic carbocycles. The number of nitro benzene ring substituents is 1. The number of ketones is 1. The zero-order valence-electron chi connectivity index (χ0n) is 17.2. The molecule has 0 unspecified atom stereocenters. The maximum absolute atomic E-state index is 13.5. The molecule has 0 bridgehead atoms. The molecular formula is C23H16N2O7S. The van der Waals surface area contributed by atoms with E-state index in [0.717, 1.165) is 12.1 Å². The van der Waals surface area contributed by atoms with E-state index in [1.54, 1.807) is 42.5 Å². The third kappa shape index (κ3) is 4.11. The maximum Gasteiger partial charge on any atom is 0.269 e. The third-order valence-corrected chi connectivity index (χ3v) is 6.69. The van der Waals surface area contributed by atoms with Crippen LogP contribution in [0.15, 0.2) is 93.2 Å². The highest BCUT2D eigenvalue weighted by atomic mass is 32.2. The maximum atomic E-state index is 13.5. The van der Waals surface area contributed by atoms with Gasteiger partial charge >= 0.3 is 0 Å². The Hall–Kier alpha value is -4.31. The van der Waals surface area contributed by atoms with Crippen LogP contribution in [0, 0.1) is 10.1 Å². The quantitative estimate of drug-likeness (QED) is 0.225. The predicted octanol–water partition coefficient (Wildman–Crippen LogP) is 4.32. The van der Waals surface area contributed by atoms with Gasteiger partial charge in [-0.1, -0.05) is 23.4 Å². The van der Waals surface area contributed by atoms with Gasteiger partial charge in [-0.3, -0.25) is 14.9 Å². The molecule has 3 aromatic carbocycles. The van der Waals surface area contributed by atoms with Crippen LogP contribution in [0.5, 0.6) is 5.75 Å². The number of nitrogens with zero attached hydrogens (tertiary/aromatic N) is 2. The lowest BCUT2D eigenvalue weighted by Gasteiger charge is -2.07. The van der Waals surface area contributed by atoms with Gasteiger partial charge in [0.25, 0.3) is 5.69 Å². The van der Waals surface area contributed by atoms with Gasteiger partial charge in [-0.25, -0.2) is 8.42 Å². The molecule has 1 aromatic heterocycles. The molecule has 0 spiro atoms. The Morgan fingerprint density at radius 1 is 0.970 bits per heavy atom. The highest BCUT2D eigenvalue weighted by molar-refractivity contribution is 7.91. The zero-order chi connectivity index (χ0) is 23.6. The molecule has 0 radical (unpaired) electrons. The van der Waals surface area contributed by atoms with E-state index in [2.05, 4.69) is 5.16 Å². The Kier molecular flexibility index (Phi) is 5.76. The Balaban J connectivity index is 1.89. The van der Waals surface area contributed by atoms with Crippen LogP contribution in [0.3, 0.4) is 0 Å². The zero-order valence-corrected chi connectivity index (χ0v) is 18.0. The highest BCUT2D eigenvalue weighted by Gasteiger charge is 2.34. The molecule has 1 heterocycles. The second-order valence-corrected chi connectivity index (χ2v) is 8.75. The Morgan fingerprint density at radius 3 is 2.18 bits per heavy atom. The molecule has 4 rings (SSSR count). The molecule has 166 valence electrons. The van der Waals surface area contributed by atoms with Crippen molar-refractivity contribution < 1.29 is 27.4 Å². The van der Waals surface area contributed by atoms with Crippen LogP contribution < -0.4 is 4.74 Å². The van der Waals surface area contributed by atoms with Crippen molar-refractivity contribution in [3.05, 3.63) is 100 Å². The van der Waals surface area contributed by atoms with Crippen LogP contribution in [0.1, 0.15) is 16.1 Å². The van der Waals surface area contributed by atoms with Crippen molar-refractivity contribution in [2.24, 2.45) is 0 Å². The van der Waals surface area contributed by atoms with Gasteiger partial charge in [0, 0.05) is 23.3 Å². The molecule has 0 atom stereocenters. The summed E-state index contributed by atoms with van der Waals surface area (Å²) in [5, 5.41) is 14.7. The van der Waals surface area contributed by atoms with Crippen molar-refractivity contribution in [3.63, 3.8) is 0 Å². The standard InChI is InChI=1S/C23H16N2O7S/c1-31-18-13-9-16(10-14-18)22-23(33(29,30)19-5-3-2-4-6-19)20(24-32-22)21(26)15-7-11-17(12-8-15)25(27)28/h2-14H,1H3. The second kappa shape index (κ2) is 8.67. The smallest absolute Gasteiger partial charge is 0.269 e. The summed E-state index contributed by atoms with van der Waals surface area (Å²) in [6.45, 7) is 0. The summed E-state index contributed by atoms with van der Waals surface area (Å²) < 4.78 is 37.6. The van der Waals surface area contributed by atoms with Crippen LogP contribution in [0.4, 0.5) is 5.69 Å². The molecule has 0 amide bonds. The van der Waals surface area contributed by atoms with E-state index in [4.69, 9.17) is 9.26 Å². The number of carbonyl (C=O) groups is 1. The number of ether oxygens (including phenoxy) is 1. The number of methoxy groups -OCH3 is 1. The van der Waals surface area contributed by atoms with E-state index in [1.165, 1.54) is 31.4 Å². The predicted molar refractivity (Wildman–Crippen MR) is 117 cm³/mol. The topological polar surface area (TPSA) is 130 Å². The first-order valence-corrected chi connectivity index (χ1v) is 11.0. The number of aromatic nitrogens is 1. The molecular weight excluding hydrogens is 448 g/mol. The van der Waals surface area contributed by atoms with Crippen LogP contribution in [-0.2, 0) is 9.84 Å². The minimum atomic E-state index is -4.21. The average molecular weight is 464 g/mol. The first-order valence-electron chi connectivity index (χ1n) is 9.56. The summed E-state index contributed by atoms with van der Waals surface area (Å²) in [7, 11) is -2.72. The van der Waals surface area contributed by atoms with Gasteiger partial charge in [0.2, 0.25) is 15.6 Å². The fraction of sp³-hybridized carbons (Fsp3) is 0.0435. The summed E-state index contributed by atoms with van der Waals surface area (Å²) in [5.74, 6) is -0.303. The summed E-state index contributed by atoms with van der Waals surface area (Å²) >= 11 is 0. The fourth-order valence-electron chi connectivity index (χ4n) is 3.19. The van der Waals surface area contributed by atoms with Crippen molar-refractivity contribution in [3.8, 4) is 17.1 Å². The lowest BCUT2D eigenvalue weighted by Crippen LogP contribution is -2.11. The van der Waals surface area contributed by atoms with E-state index >= 15 is 0 Å². The van der Waals surface area contributed by atoms with Crippen molar-refractivity contribution in [2.75, 3.05) is 7.11 Å². The van der Waals surface area contributed by atoms with Gasteiger partial charge in [0.05, 0.1) is 16.9 Å². The third-order valence-electron chi connectivity index (χ3n) is 4.88. The van der Waals surface area contributed by atoms with Gasteiger partial charge in [-0.05, 0) is 48.5 Å². The summed E-state index contributed by atoms with van der Waals surface area (Å²) in [6.07, 6.45) is 0. The largest absolute Gasteiger partial charge is 0.497 e.